The van der Waals surface area contributed by atoms with Gasteiger partial charge in [-0.1, -0.05) is 6.07 Å². The Morgan fingerprint density at radius 3 is 2.80 bits per heavy atom. The Morgan fingerprint density at radius 1 is 1.30 bits per heavy atom. The number of carbonyl (C=O) groups excluding carboxylic acids is 1. The van der Waals surface area contributed by atoms with Crippen molar-refractivity contribution in [2.75, 3.05) is 0 Å². The molecule has 0 aliphatic carbocycles. The fraction of sp³-hybridized carbons (Fsp3) is 0.154. The zero-order valence-electron chi connectivity index (χ0n) is 10.2. The maximum atomic E-state index is 13.2. The summed E-state index contributed by atoms with van der Waals surface area (Å²) in [5.74, 6) is -1.28. The third-order valence-corrected chi connectivity index (χ3v) is 4.72. The van der Waals surface area contributed by atoms with E-state index in [-0.39, 0.29) is 17.9 Å². The Labute approximate surface area is 114 Å². The number of sulfonamides is 1. The van der Waals surface area contributed by atoms with Crippen LogP contribution < -0.4 is 0 Å². The average Bonchev–Trinajstić information content (AvgIpc) is 2.88. The lowest BCUT2D eigenvalue weighted by atomic mass is 10.1. The van der Waals surface area contributed by atoms with Gasteiger partial charge in [0.2, 0.25) is 10.0 Å². The Bertz CT molecular complexity index is 768. The van der Waals surface area contributed by atoms with E-state index in [1.165, 1.54) is 12.3 Å². The van der Waals surface area contributed by atoms with Crippen LogP contribution in [0.4, 0.5) is 4.39 Å². The number of benzene rings is 1. The predicted octanol–water partition coefficient (Wildman–Crippen LogP) is 1.90. The van der Waals surface area contributed by atoms with Crippen LogP contribution >= 0.6 is 0 Å². The molecule has 5 nitrogen and oxygen atoms in total. The second-order valence-electron chi connectivity index (χ2n) is 4.45. The van der Waals surface area contributed by atoms with E-state index in [0.29, 0.717) is 15.6 Å². The highest BCUT2D eigenvalue weighted by Gasteiger charge is 2.36. The van der Waals surface area contributed by atoms with E-state index in [1.807, 2.05) is 0 Å². The van der Waals surface area contributed by atoms with Crippen molar-refractivity contribution in [3.05, 3.63) is 59.3 Å². The first-order valence-electron chi connectivity index (χ1n) is 5.83. The molecule has 0 N–H and O–H groups in total. The molecule has 0 atom stereocenters. The van der Waals surface area contributed by atoms with Gasteiger partial charge in [-0.05, 0) is 29.8 Å². The summed E-state index contributed by atoms with van der Waals surface area (Å²) in [4.78, 5) is 12.2. The minimum Gasteiger partial charge on any atom is -0.467 e. The minimum atomic E-state index is -3.77. The predicted molar refractivity (Wildman–Crippen MR) is 67.6 cm³/mol. The van der Waals surface area contributed by atoms with Crippen molar-refractivity contribution in [2.24, 2.45) is 0 Å². The quantitative estimate of drug-likeness (QED) is 0.848. The second-order valence-corrected chi connectivity index (χ2v) is 6.34. The Hall–Kier alpha value is -2.15. The normalized spacial score (nSPS) is 17.1. The number of halogens is 1. The summed E-state index contributed by atoms with van der Waals surface area (Å²) in [5, 5.41) is 0. The first-order chi connectivity index (χ1) is 9.47. The summed E-state index contributed by atoms with van der Waals surface area (Å²) >= 11 is 0. The van der Waals surface area contributed by atoms with Crippen LogP contribution in [0.2, 0.25) is 0 Å². The third kappa shape index (κ3) is 2.09. The van der Waals surface area contributed by atoms with Crippen molar-refractivity contribution in [1.29, 1.82) is 0 Å². The number of amides is 1. The number of nitrogens with zero attached hydrogens (tertiary/aromatic N) is 1. The van der Waals surface area contributed by atoms with Gasteiger partial charge in [-0.3, -0.25) is 4.79 Å². The summed E-state index contributed by atoms with van der Waals surface area (Å²) in [5.41, 5.74) is 0.387. The first-order valence-corrected chi connectivity index (χ1v) is 7.44. The Kier molecular flexibility index (Phi) is 2.86. The molecular weight excluding hydrogens is 285 g/mol. The lowest BCUT2D eigenvalue weighted by Crippen LogP contribution is -2.41. The van der Waals surface area contributed by atoms with E-state index in [0.717, 1.165) is 12.1 Å². The zero-order chi connectivity index (χ0) is 14.3. The highest BCUT2D eigenvalue weighted by Crippen LogP contribution is 2.27. The van der Waals surface area contributed by atoms with E-state index >= 15 is 0 Å². The zero-order valence-corrected chi connectivity index (χ0v) is 11.1. The fourth-order valence-electron chi connectivity index (χ4n) is 2.12. The lowest BCUT2D eigenvalue weighted by Gasteiger charge is -2.27. The molecule has 1 aromatic carbocycles. The van der Waals surface area contributed by atoms with E-state index in [1.54, 1.807) is 12.1 Å². The Balaban J connectivity index is 2.05. The molecule has 104 valence electrons. The van der Waals surface area contributed by atoms with E-state index in [4.69, 9.17) is 4.42 Å². The van der Waals surface area contributed by atoms with Gasteiger partial charge in [-0.25, -0.2) is 17.1 Å². The Morgan fingerprint density at radius 2 is 2.10 bits per heavy atom. The molecule has 0 fully saturated rings. The van der Waals surface area contributed by atoms with Crippen molar-refractivity contribution in [3.63, 3.8) is 0 Å². The second kappa shape index (κ2) is 4.45. The van der Waals surface area contributed by atoms with Crippen LogP contribution in [-0.2, 0) is 22.3 Å². The monoisotopic (exact) mass is 295 g/mol. The van der Waals surface area contributed by atoms with Gasteiger partial charge in [0.1, 0.15) is 11.6 Å². The molecule has 0 saturated heterocycles. The fourth-order valence-corrected chi connectivity index (χ4v) is 3.60. The SMILES string of the molecule is O=C1c2cc(F)ccc2CS(=O)(=O)N1Cc1ccco1. The maximum Gasteiger partial charge on any atom is 0.268 e. The van der Waals surface area contributed by atoms with Crippen molar-refractivity contribution in [1.82, 2.24) is 4.31 Å². The van der Waals surface area contributed by atoms with Gasteiger partial charge in [0.05, 0.1) is 18.6 Å². The van der Waals surface area contributed by atoms with Crippen molar-refractivity contribution < 1.29 is 22.0 Å². The van der Waals surface area contributed by atoms with Gasteiger partial charge in [-0.2, -0.15) is 0 Å². The number of furan rings is 1. The average molecular weight is 295 g/mol. The molecule has 1 aromatic heterocycles. The van der Waals surface area contributed by atoms with Crippen molar-refractivity contribution >= 4 is 15.9 Å². The summed E-state index contributed by atoms with van der Waals surface area (Å²) in [6.07, 6.45) is 1.39. The van der Waals surface area contributed by atoms with E-state index in [9.17, 15) is 17.6 Å². The molecule has 0 spiro atoms. The highest BCUT2D eigenvalue weighted by molar-refractivity contribution is 7.89. The van der Waals surface area contributed by atoms with Gasteiger partial charge in [0.25, 0.3) is 5.91 Å². The van der Waals surface area contributed by atoms with Gasteiger partial charge in [0.15, 0.2) is 0 Å². The molecule has 3 rings (SSSR count). The van der Waals surface area contributed by atoms with E-state index < -0.39 is 21.7 Å². The standard InChI is InChI=1S/C13H10FNO4S/c14-10-4-3-9-8-20(17,18)15(13(16)12(9)6-10)7-11-2-1-5-19-11/h1-6H,7-8H2. The van der Waals surface area contributed by atoms with Gasteiger partial charge in [-0.15, -0.1) is 0 Å². The molecule has 2 heterocycles. The number of fused-ring (bicyclic) bond motifs is 1. The van der Waals surface area contributed by atoms with Gasteiger partial charge < -0.3 is 4.42 Å². The number of rotatable bonds is 2. The lowest BCUT2D eigenvalue weighted by molar-refractivity contribution is 0.0842. The van der Waals surface area contributed by atoms with Crippen LogP contribution in [-0.4, -0.2) is 18.6 Å². The maximum absolute atomic E-state index is 13.2. The molecule has 2 aromatic rings. The van der Waals surface area contributed by atoms with E-state index in [2.05, 4.69) is 0 Å². The third-order valence-electron chi connectivity index (χ3n) is 3.08. The topological polar surface area (TPSA) is 67.6 Å². The molecule has 0 radical (unpaired) electrons. The van der Waals surface area contributed by atoms with Crippen LogP contribution in [0.25, 0.3) is 0 Å². The molecule has 1 amide bonds. The molecule has 0 saturated carbocycles. The smallest absolute Gasteiger partial charge is 0.268 e. The number of hydrogen-bond acceptors (Lipinski definition) is 4. The minimum absolute atomic E-state index is 0.0754. The van der Waals surface area contributed by atoms with Crippen LogP contribution in [0.3, 0.4) is 0 Å². The van der Waals surface area contributed by atoms with Crippen molar-refractivity contribution in [3.8, 4) is 0 Å². The molecule has 1 aliphatic rings. The van der Waals surface area contributed by atoms with Crippen LogP contribution in [0.15, 0.2) is 41.0 Å². The summed E-state index contributed by atoms with van der Waals surface area (Å²) < 4.78 is 43.3. The molecule has 0 bridgehead atoms. The van der Waals surface area contributed by atoms with Crippen LogP contribution in [0.5, 0.6) is 0 Å². The molecule has 0 unspecified atom stereocenters. The molecule has 20 heavy (non-hydrogen) atoms. The van der Waals surface area contributed by atoms with Gasteiger partial charge >= 0.3 is 0 Å². The summed E-state index contributed by atoms with van der Waals surface area (Å²) in [6.45, 7) is -0.190. The largest absolute Gasteiger partial charge is 0.467 e. The van der Waals surface area contributed by atoms with Crippen LogP contribution in [0, 0.1) is 5.82 Å². The summed E-state index contributed by atoms with van der Waals surface area (Å²) in [7, 11) is -3.77. The molecule has 7 heteroatoms. The number of carbonyl (C=O) groups is 1. The number of hydrogen-bond donors (Lipinski definition) is 0. The van der Waals surface area contributed by atoms with Crippen molar-refractivity contribution in [2.45, 2.75) is 12.3 Å². The molecule has 1 aliphatic heterocycles. The van der Waals surface area contributed by atoms with Gasteiger partial charge in [0, 0.05) is 5.56 Å². The molecular formula is C13H10FNO4S. The van der Waals surface area contributed by atoms with Crippen LogP contribution in [0.1, 0.15) is 21.7 Å². The first kappa shape index (κ1) is 12.9. The highest BCUT2D eigenvalue weighted by atomic mass is 32.2. The summed E-state index contributed by atoms with van der Waals surface area (Å²) in [6, 6.07) is 6.70.